The van der Waals surface area contributed by atoms with Crippen molar-refractivity contribution in [3.8, 4) is 11.5 Å². The number of ether oxygens (including phenoxy) is 2. The summed E-state index contributed by atoms with van der Waals surface area (Å²) in [4.78, 5) is 13.5. The second-order valence-corrected chi connectivity index (χ2v) is 7.66. The molecule has 0 aliphatic carbocycles. The molecule has 2 fully saturated rings. The Kier molecular flexibility index (Phi) is 3.51. The number of benzene rings is 1. The molecule has 6 heteroatoms. The van der Waals surface area contributed by atoms with Crippen LogP contribution in [0.1, 0.15) is 38.4 Å². The third-order valence-corrected chi connectivity index (χ3v) is 5.71. The molecule has 4 atom stereocenters. The minimum absolute atomic E-state index is 0.0920. The van der Waals surface area contributed by atoms with E-state index in [4.69, 9.17) is 15.2 Å². The number of rotatable bonds is 2. The van der Waals surface area contributed by atoms with Gasteiger partial charge in [0.05, 0.1) is 18.8 Å². The normalized spacial score (nSPS) is 33.9. The van der Waals surface area contributed by atoms with Crippen LogP contribution in [0.3, 0.4) is 0 Å². The van der Waals surface area contributed by atoms with Crippen LogP contribution in [0, 0.1) is 5.92 Å². The maximum atomic E-state index is 11.3. The quantitative estimate of drug-likeness (QED) is 0.859. The van der Waals surface area contributed by atoms with Crippen LogP contribution >= 0.6 is 0 Å². The lowest BCUT2D eigenvalue weighted by atomic mass is 9.74. The topological polar surface area (TPSA) is 85.0 Å². The van der Waals surface area contributed by atoms with Gasteiger partial charge in [-0.3, -0.25) is 9.69 Å². The molecule has 24 heavy (non-hydrogen) atoms. The molecule has 3 N–H and O–H groups in total. The van der Waals surface area contributed by atoms with Gasteiger partial charge in [0.15, 0.2) is 0 Å². The van der Waals surface area contributed by atoms with E-state index in [-0.39, 0.29) is 48.0 Å². The summed E-state index contributed by atoms with van der Waals surface area (Å²) in [7, 11) is 0. The molecule has 0 radical (unpaired) electrons. The van der Waals surface area contributed by atoms with E-state index in [0.717, 1.165) is 30.7 Å². The summed E-state index contributed by atoms with van der Waals surface area (Å²) < 4.78 is 12.7. The summed E-state index contributed by atoms with van der Waals surface area (Å²) in [6, 6.07) is 5.40. The van der Waals surface area contributed by atoms with Gasteiger partial charge >= 0.3 is 0 Å². The van der Waals surface area contributed by atoms with E-state index in [0.29, 0.717) is 0 Å². The molecule has 130 valence electrons. The summed E-state index contributed by atoms with van der Waals surface area (Å²) in [6.07, 6.45) is 1.79. The predicted octanol–water partition coefficient (Wildman–Crippen LogP) is 1.57. The van der Waals surface area contributed by atoms with Crippen LogP contribution in [0.2, 0.25) is 0 Å². The number of aromatic hydroxyl groups is 1. The van der Waals surface area contributed by atoms with Crippen LogP contribution in [-0.2, 0) is 9.53 Å². The van der Waals surface area contributed by atoms with Crippen LogP contribution in [0.15, 0.2) is 18.2 Å². The number of fused-ring (bicyclic) bond motifs is 4. The van der Waals surface area contributed by atoms with Crippen molar-refractivity contribution in [1.29, 1.82) is 0 Å². The molecule has 0 aromatic heterocycles. The van der Waals surface area contributed by atoms with E-state index in [9.17, 15) is 9.90 Å². The first-order chi connectivity index (χ1) is 11.3. The molecule has 1 aromatic rings. The Morgan fingerprint density at radius 1 is 1.46 bits per heavy atom. The van der Waals surface area contributed by atoms with Crippen molar-refractivity contribution in [2.75, 3.05) is 13.1 Å². The van der Waals surface area contributed by atoms with Gasteiger partial charge in [-0.05, 0) is 44.9 Å². The Morgan fingerprint density at radius 2 is 2.25 bits per heavy atom. The molecule has 0 spiro atoms. The number of carbonyl (C=O) groups excluding carboxylic acids is 1. The molecular formula is C18H24N2O4. The van der Waals surface area contributed by atoms with Gasteiger partial charge in [-0.25, -0.2) is 0 Å². The number of amides is 1. The largest absolute Gasteiger partial charge is 0.508 e. The number of hydrogen-bond acceptors (Lipinski definition) is 5. The molecule has 3 heterocycles. The van der Waals surface area contributed by atoms with E-state index in [2.05, 4.69) is 18.7 Å². The van der Waals surface area contributed by atoms with Crippen molar-refractivity contribution >= 4 is 5.91 Å². The maximum Gasteiger partial charge on any atom is 0.231 e. The van der Waals surface area contributed by atoms with Crippen LogP contribution in [-0.4, -0.2) is 46.7 Å². The number of carbonyl (C=O) groups is 1. The smallest absolute Gasteiger partial charge is 0.231 e. The van der Waals surface area contributed by atoms with Gasteiger partial charge in [0.2, 0.25) is 5.91 Å². The zero-order chi connectivity index (χ0) is 17.1. The monoisotopic (exact) mass is 332 g/mol. The summed E-state index contributed by atoms with van der Waals surface area (Å²) in [5.41, 5.74) is 5.93. The minimum atomic E-state index is -0.374. The van der Waals surface area contributed by atoms with Crippen molar-refractivity contribution in [1.82, 2.24) is 4.90 Å². The number of hydrogen-bond donors (Lipinski definition) is 2. The molecule has 3 aliphatic rings. The summed E-state index contributed by atoms with van der Waals surface area (Å²) in [5.74, 6) is 0.863. The van der Waals surface area contributed by atoms with Crippen LogP contribution in [0.4, 0.5) is 0 Å². The molecule has 1 amide bonds. The van der Waals surface area contributed by atoms with Crippen LogP contribution in [0.25, 0.3) is 0 Å². The van der Waals surface area contributed by atoms with Gasteiger partial charge in [-0.15, -0.1) is 0 Å². The first-order valence-corrected chi connectivity index (χ1v) is 8.55. The first kappa shape index (κ1) is 15.7. The SMILES string of the molecule is CC1(C)Oc2ccc(O)cc2[C@@H]2O[C@@H]3CCN(CC(N)=O)[C@H]3C[C@H]21. The van der Waals surface area contributed by atoms with Gasteiger partial charge < -0.3 is 20.3 Å². The van der Waals surface area contributed by atoms with Crippen molar-refractivity contribution in [2.45, 2.75) is 50.5 Å². The second-order valence-electron chi connectivity index (χ2n) is 7.66. The average molecular weight is 332 g/mol. The number of phenols is 1. The average Bonchev–Trinajstić information content (AvgIpc) is 2.88. The van der Waals surface area contributed by atoms with E-state index >= 15 is 0 Å². The molecule has 3 aliphatic heterocycles. The lowest BCUT2D eigenvalue weighted by molar-refractivity contribution is -0.162. The van der Waals surface area contributed by atoms with Crippen LogP contribution < -0.4 is 10.5 Å². The Hall–Kier alpha value is -1.79. The maximum absolute atomic E-state index is 11.3. The van der Waals surface area contributed by atoms with E-state index < -0.39 is 0 Å². The lowest BCUT2D eigenvalue weighted by Crippen LogP contribution is -2.54. The highest BCUT2D eigenvalue weighted by molar-refractivity contribution is 5.76. The molecule has 1 aromatic carbocycles. The number of primary amides is 1. The Morgan fingerprint density at radius 3 is 3.00 bits per heavy atom. The number of nitrogens with two attached hydrogens (primary N) is 1. The predicted molar refractivity (Wildman–Crippen MR) is 87.7 cm³/mol. The number of phenolic OH excluding ortho intramolecular Hbond substituents is 1. The van der Waals surface area contributed by atoms with Gasteiger partial charge in [-0.2, -0.15) is 0 Å². The van der Waals surface area contributed by atoms with E-state index in [1.54, 1.807) is 12.1 Å². The van der Waals surface area contributed by atoms with Crippen molar-refractivity contribution < 1.29 is 19.4 Å². The molecular weight excluding hydrogens is 308 g/mol. The molecule has 0 saturated carbocycles. The summed E-state index contributed by atoms with van der Waals surface area (Å²) in [6.45, 7) is 5.27. The fourth-order valence-corrected chi connectivity index (χ4v) is 4.56. The Labute approximate surface area is 141 Å². The van der Waals surface area contributed by atoms with Gasteiger partial charge in [0.1, 0.15) is 17.1 Å². The third-order valence-electron chi connectivity index (χ3n) is 5.71. The minimum Gasteiger partial charge on any atom is -0.508 e. The van der Waals surface area contributed by atoms with Crippen molar-refractivity contribution in [2.24, 2.45) is 11.7 Å². The van der Waals surface area contributed by atoms with Gasteiger partial charge in [0.25, 0.3) is 0 Å². The highest BCUT2D eigenvalue weighted by atomic mass is 16.5. The fourth-order valence-electron chi connectivity index (χ4n) is 4.56. The van der Waals surface area contributed by atoms with Crippen molar-refractivity contribution in [3.63, 3.8) is 0 Å². The summed E-state index contributed by atoms with van der Waals surface area (Å²) >= 11 is 0. The number of nitrogens with zero attached hydrogens (tertiary/aromatic N) is 1. The van der Waals surface area contributed by atoms with Crippen LogP contribution in [0.5, 0.6) is 11.5 Å². The van der Waals surface area contributed by atoms with Gasteiger partial charge in [-0.1, -0.05) is 0 Å². The van der Waals surface area contributed by atoms with E-state index in [1.165, 1.54) is 0 Å². The highest BCUT2D eigenvalue weighted by Gasteiger charge is 2.53. The van der Waals surface area contributed by atoms with E-state index in [1.807, 2.05) is 6.07 Å². The van der Waals surface area contributed by atoms with Crippen molar-refractivity contribution in [3.05, 3.63) is 23.8 Å². The zero-order valence-electron chi connectivity index (χ0n) is 14.1. The lowest BCUT2D eigenvalue weighted by Gasteiger charge is -2.50. The second kappa shape index (κ2) is 5.36. The third kappa shape index (κ3) is 2.45. The molecule has 0 bridgehead atoms. The standard InChI is InChI=1S/C18H24N2O4/c1-18(2)12-8-13-15(5-6-20(13)9-16(19)22)23-17(12)11-7-10(21)3-4-14(11)24-18/h3-4,7,12-13,15,17,21H,5-6,8-9H2,1-2H3,(H2,19,22)/t12-,13+,15-,17+/m1/s1. The zero-order valence-corrected chi connectivity index (χ0v) is 14.1. The molecule has 0 unspecified atom stereocenters. The number of likely N-dealkylation sites (tertiary alicyclic amines) is 1. The molecule has 2 saturated heterocycles. The molecule has 6 nitrogen and oxygen atoms in total. The summed E-state index contributed by atoms with van der Waals surface area (Å²) in [5, 5.41) is 9.87. The Balaban J connectivity index is 1.67. The van der Waals surface area contributed by atoms with Gasteiger partial charge in [0, 0.05) is 24.1 Å². The highest BCUT2D eigenvalue weighted by Crippen LogP contribution is 2.53. The Bertz CT molecular complexity index is 675. The molecule has 4 rings (SSSR count). The first-order valence-electron chi connectivity index (χ1n) is 8.55. The fraction of sp³-hybridized carbons (Fsp3) is 0.611.